The highest BCUT2D eigenvalue weighted by Gasteiger charge is 2.35. The Morgan fingerprint density at radius 3 is 2.07 bits per heavy atom. The van der Waals surface area contributed by atoms with Crippen molar-refractivity contribution in [1.82, 2.24) is 0 Å². The topological polar surface area (TPSA) is 82.1 Å². The van der Waals surface area contributed by atoms with Gasteiger partial charge in [0.2, 0.25) is 11.6 Å². The van der Waals surface area contributed by atoms with E-state index < -0.39 is 11.6 Å². The lowest BCUT2D eigenvalue weighted by Crippen LogP contribution is -2.25. The molecule has 6 nitrogen and oxygen atoms in total. The Morgan fingerprint density at radius 1 is 0.815 bits per heavy atom. The van der Waals surface area contributed by atoms with E-state index in [2.05, 4.69) is 0 Å². The summed E-state index contributed by atoms with van der Waals surface area (Å²) in [5, 5.41) is 10.7. The molecule has 0 fully saturated rings. The molecule has 0 amide bonds. The Balaban J connectivity index is 1.97. The number of allylic oxidation sites excluding steroid dienone is 1. The number of hydrogen-bond acceptors (Lipinski definition) is 6. The minimum atomic E-state index is -0.705. The van der Waals surface area contributed by atoms with Crippen molar-refractivity contribution in [2.75, 3.05) is 21.3 Å². The van der Waals surface area contributed by atoms with Gasteiger partial charge in [0.25, 0.3) is 0 Å². The first-order chi connectivity index (χ1) is 13.0. The maximum Gasteiger partial charge on any atom is 0.234 e. The lowest BCUT2D eigenvalue weighted by molar-refractivity contribution is -0.112. The van der Waals surface area contributed by atoms with Crippen LogP contribution in [0.15, 0.2) is 42.0 Å². The molecule has 0 atom stereocenters. The monoisotopic (exact) mass is 368 g/mol. The molecule has 0 unspecified atom stereocenters. The molecule has 0 heterocycles. The van der Waals surface area contributed by atoms with Gasteiger partial charge in [-0.1, -0.05) is 12.1 Å². The Kier molecular flexibility index (Phi) is 5.16. The summed E-state index contributed by atoms with van der Waals surface area (Å²) in [6, 6.07) is 10.4. The highest BCUT2D eigenvalue weighted by Crippen LogP contribution is 2.39. The van der Waals surface area contributed by atoms with Crippen molar-refractivity contribution in [3.05, 3.63) is 58.7 Å². The zero-order chi connectivity index (χ0) is 19.6. The predicted molar refractivity (Wildman–Crippen MR) is 99.7 cm³/mol. The fourth-order valence-electron chi connectivity index (χ4n) is 3.10. The van der Waals surface area contributed by atoms with Crippen molar-refractivity contribution in [3.63, 3.8) is 0 Å². The first-order valence-electron chi connectivity index (χ1n) is 8.40. The van der Waals surface area contributed by atoms with Crippen LogP contribution in [0.25, 0.3) is 5.76 Å². The van der Waals surface area contributed by atoms with Crippen LogP contribution in [0.1, 0.15) is 27.9 Å². The van der Waals surface area contributed by atoms with Gasteiger partial charge in [0.05, 0.1) is 26.9 Å². The lowest BCUT2D eigenvalue weighted by atomic mass is 9.85. The number of aliphatic hydroxyl groups excluding tert-OH is 1. The van der Waals surface area contributed by atoms with Crippen LogP contribution in [0.3, 0.4) is 0 Å². The summed E-state index contributed by atoms with van der Waals surface area (Å²) in [6.07, 6.45) is 0.730. The van der Waals surface area contributed by atoms with Crippen molar-refractivity contribution in [2.45, 2.75) is 12.8 Å². The van der Waals surface area contributed by atoms with Crippen LogP contribution in [0, 0.1) is 0 Å². The number of ether oxygens (including phenoxy) is 3. The van der Waals surface area contributed by atoms with Crippen LogP contribution >= 0.6 is 0 Å². The van der Waals surface area contributed by atoms with Crippen molar-refractivity contribution >= 4 is 17.3 Å². The van der Waals surface area contributed by atoms with E-state index in [0.717, 1.165) is 11.3 Å². The summed E-state index contributed by atoms with van der Waals surface area (Å²) in [5.41, 5.74) is 1.37. The van der Waals surface area contributed by atoms with Gasteiger partial charge in [-0.2, -0.15) is 0 Å². The van der Waals surface area contributed by atoms with E-state index in [1.165, 1.54) is 20.3 Å². The Bertz CT molecular complexity index is 924. The molecule has 0 aromatic heterocycles. The van der Waals surface area contributed by atoms with Gasteiger partial charge in [0.15, 0.2) is 0 Å². The number of carbonyl (C=O) groups excluding carboxylic acids is 2. The number of Topliss-reactive ketones (excluding diaryl/α,β-unsaturated/α-hetero) is 2. The fraction of sp³-hybridized carbons (Fsp3) is 0.238. The Labute approximate surface area is 157 Å². The average molecular weight is 368 g/mol. The smallest absolute Gasteiger partial charge is 0.234 e. The lowest BCUT2D eigenvalue weighted by Gasteiger charge is -2.21. The largest absolute Gasteiger partial charge is 0.507 e. The van der Waals surface area contributed by atoms with E-state index in [-0.39, 0.29) is 34.6 Å². The van der Waals surface area contributed by atoms with Crippen molar-refractivity contribution in [1.29, 1.82) is 0 Å². The number of benzene rings is 2. The number of aliphatic hydroxyl groups is 1. The highest BCUT2D eigenvalue weighted by molar-refractivity contribution is 6.52. The molecule has 1 aliphatic rings. The maximum absolute atomic E-state index is 12.6. The van der Waals surface area contributed by atoms with Gasteiger partial charge in [0, 0.05) is 17.2 Å². The number of aryl methyl sites for hydroxylation is 1. The first kappa shape index (κ1) is 18.5. The molecule has 2 aromatic carbocycles. The van der Waals surface area contributed by atoms with Gasteiger partial charge in [-0.3, -0.25) is 9.59 Å². The van der Waals surface area contributed by atoms with Crippen LogP contribution in [-0.2, 0) is 11.2 Å². The van der Waals surface area contributed by atoms with Gasteiger partial charge in [-0.25, -0.2) is 0 Å². The Hall–Kier alpha value is -3.28. The second-order valence-electron chi connectivity index (χ2n) is 6.09. The van der Waals surface area contributed by atoms with Crippen LogP contribution in [0.4, 0.5) is 0 Å². The van der Waals surface area contributed by atoms with Crippen molar-refractivity contribution in [2.24, 2.45) is 0 Å². The second-order valence-corrected chi connectivity index (χ2v) is 6.09. The van der Waals surface area contributed by atoms with Gasteiger partial charge >= 0.3 is 0 Å². The number of carbonyl (C=O) groups is 2. The van der Waals surface area contributed by atoms with Gasteiger partial charge in [0.1, 0.15) is 23.0 Å². The number of ketones is 2. The number of methoxy groups -OCH3 is 3. The van der Waals surface area contributed by atoms with Gasteiger partial charge < -0.3 is 19.3 Å². The van der Waals surface area contributed by atoms with Crippen LogP contribution in [0.2, 0.25) is 0 Å². The van der Waals surface area contributed by atoms with Gasteiger partial charge in [-0.15, -0.1) is 0 Å². The molecular formula is C21H20O6. The third-order valence-corrected chi connectivity index (χ3v) is 4.60. The second kappa shape index (κ2) is 7.53. The molecule has 3 rings (SSSR count). The summed E-state index contributed by atoms with van der Waals surface area (Å²) < 4.78 is 15.6. The minimum absolute atomic E-state index is 0.0851. The molecule has 0 aliphatic heterocycles. The van der Waals surface area contributed by atoms with E-state index >= 15 is 0 Å². The Morgan fingerprint density at radius 2 is 1.48 bits per heavy atom. The summed E-state index contributed by atoms with van der Waals surface area (Å²) in [4.78, 5) is 25.1. The molecule has 0 saturated heterocycles. The summed E-state index contributed by atoms with van der Waals surface area (Å²) in [7, 11) is 4.47. The molecular weight excluding hydrogens is 348 g/mol. The maximum atomic E-state index is 12.6. The van der Waals surface area contributed by atoms with E-state index in [4.69, 9.17) is 14.2 Å². The molecule has 0 saturated carbocycles. The van der Waals surface area contributed by atoms with Crippen LogP contribution in [0.5, 0.6) is 17.2 Å². The molecule has 6 heteroatoms. The molecule has 2 aromatic rings. The molecule has 27 heavy (non-hydrogen) atoms. The zero-order valence-corrected chi connectivity index (χ0v) is 15.4. The summed E-state index contributed by atoms with van der Waals surface area (Å²) >= 11 is 0. The minimum Gasteiger partial charge on any atom is -0.507 e. The summed E-state index contributed by atoms with van der Waals surface area (Å²) in [6.45, 7) is 0. The van der Waals surface area contributed by atoms with Crippen molar-refractivity contribution < 1.29 is 28.9 Å². The SMILES string of the molecule is COc1ccc(CCC2=C(O)c3c(OC)cc(OC)cc3C(=O)C2=O)cc1. The van der Waals surface area contributed by atoms with E-state index in [1.807, 2.05) is 24.3 Å². The van der Waals surface area contributed by atoms with Crippen LogP contribution < -0.4 is 14.2 Å². The normalized spacial score (nSPS) is 13.4. The third-order valence-electron chi connectivity index (χ3n) is 4.60. The molecule has 1 N–H and O–H groups in total. The van der Waals surface area contributed by atoms with Gasteiger partial charge in [-0.05, 0) is 36.6 Å². The summed E-state index contributed by atoms with van der Waals surface area (Å²) in [5.74, 6) is -0.209. The molecule has 140 valence electrons. The molecule has 0 radical (unpaired) electrons. The molecule has 0 bridgehead atoms. The average Bonchev–Trinajstić information content (AvgIpc) is 2.71. The van der Waals surface area contributed by atoms with E-state index in [0.29, 0.717) is 12.2 Å². The first-order valence-corrected chi connectivity index (χ1v) is 8.40. The highest BCUT2D eigenvalue weighted by atomic mass is 16.5. The third kappa shape index (κ3) is 3.38. The standard InChI is InChI=1S/C21H20O6/c1-25-13-7-4-12(5-8-13)6-9-15-19(22)18-16(21(24)20(15)23)10-14(26-2)11-17(18)27-3/h4-5,7-8,10-11,22H,6,9H2,1-3H3. The number of hydrogen-bond donors (Lipinski definition) is 1. The predicted octanol–water partition coefficient (Wildman–Crippen LogP) is 3.38. The van der Waals surface area contributed by atoms with E-state index in [1.54, 1.807) is 13.2 Å². The number of rotatable bonds is 6. The molecule has 1 aliphatic carbocycles. The fourth-order valence-corrected chi connectivity index (χ4v) is 3.10. The zero-order valence-electron chi connectivity index (χ0n) is 15.4. The quantitative estimate of drug-likeness (QED) is 0.787. The molecule has 0 spiro atoms. The van der Waals surface area contributed by atoms with Crippen LogP contribution in [-0.4, -0.2) is 38.0 Å². The van der Waals surface area contributed by atoms with E-state index in [9.17, 15) is 14.7 Å². The van der Waals surface area contributed by atoms with Crippen molar-refractivity contribution in [3.8, 4) is 17.2 Å². The number of fused-ring (bicyclic) bond motifs is 1.